The van der Waals surface area contributed by atoms with E-state index >= 15 is 0 Å². The van der Waals surface area contributed by atoms with Crippen molar-refractivity contribution < 1.29 is 9.13 Å². The SMILES string of the molecule is Cc1cc2nc3s/c(=C/c4cccc(OCc5c(F)cccc5Cl)c4)c(=O)n3c2cc1C. The summed E-state index contributed by atoms with van der Waals surface area (Å²) in [5, 5.41) is 0.323. The van der Waals surface area contributed by atoms with E-state index in [0.29, 0.717) is 25.8 Å². The molecule has 7 heteroatoms. The van der Waals surface area contributed by atoms with Crippen LogP contribution in [0.15, 0.2) is 59.4 Å². The molecule has 0 spiro atoms. The van der Waals surface area contributed by atoms with Crippen LogP contribution in [0.1, 0.15) is 22.3 Å². The van der Waals surface area contributed by atoms with E-state index < -0.39 is 5.82 Å². The lowest BCUT2D eigenvalue weighted by Gasteiger charge is -2.09. The summed E-state index contributed by atoms with van der Waals surface area (Å²) >= 11 is 7.42. The number of ether oxygens (including phenoxy) is 1. The Morgan fingerprint density at radius 1 is 1.12 bits per heavy atom. The van der Waals surface area contributed by atoms with Gasteiger partial charge in [-0.2, -0.15) is 0 Å². The van der Waals surface area contributed by atoms with Crippen LogP contribution in [0.4, 0.5) is 4.39 Å². The Morgan fingerprint density at radius 2 is 1.91 bits per heavy atom. The Morgan fingerprint density at radius 3 is 2.72 bits per heavy atom. The van der Waals surface area contributed by atoms with Gasteiger partial charge in [-0.1, -0.05) is 41.1 Å². The van der Waals surface area contributed by atoms with Gasteiger partial charge in [0.15, 0.2) is 4.96 Å². The predicted molar refractivity (Wildman–Crippen MR) is 127 cm³/mol. The number of thiazole rings is 1. The number of nitrogens with zero attached hydrogens (tertiary/aromatic N) is 2. The Hall–Kier alpha value is -3.22. The minimum atomic E-state index is -0.407. The number of halogens is 2. The molecule has 32 heavy (non-hydrogen) atoms. The molecule has 0 aliphatic rings. The number of fused-ring (bicyclic) bond motifs is 3. The summed E-state index contributed by atoms with van der Waals surface area (Å²) in [7, 11) is 0. The third-order valence-electron chi connectivity index (χ3n) is 5.46. The van der Waals surface area contributed by atoms with Crippen LogP contribution < -0.4 is 14.8 Å². The topological polar surface area (TPSA) is 43.6 Å². The zero-order valence-electron chi connectivity index (χ0n) is 17.4. The van der Waals surface area contributed by atoms with Crippen molar-refractivity contribution in [3.8, 4) is 5.75 Å². The molecule has 0 saturated heterocycles. The molecule has 3 aromatic carbocycles. The first kappa shape index (κ1) is 20.7. The molecule has 2 heterocycles. The number of aryl methyl sites for hydroxylation is 2. The fourth-order valence-corrected chi connectivity index (χ4v) is 4.79. The average Bonchev–Trinajstić information content (AvgIpc) is 3.24. The number of benzene rings is 3. The lowest BCUT2D eigenvalue weighted by atomic mass is 10.1. The predicted octanol–water partition coefficient (Wildman–Crippen LogP) is 5.45. The molecule has 5 aromatic rings. The van der Waals surface area contributed by atoms with Gasteiger partial charge in [0.25, 0.3) is 5.56 Å². The van der Waals surface area contributed by atoms with E-state index in [2.05, 4.69) is 4.98 Å². The molecule has 0 aliphatic carbocycles. The minimum absolute atomic E-state index is 0.0132. The van der Waals surface area contributed by atoms with Gasteiger partial charge < -0.3 is 4.74 Å². The monoisotopic (exact) mass is 464 g/mol. The highest BCUT2D eigenvalue weighted by molar-refractivity contribution is 7.15. The van der Waals surface area contributed by atoms with Crippen LogP contribution in [0, 0.1) is 19.7 Å². The number of imidazole rings is 1. The van der Waals surface area contributed by atoms with Crippen molar-refractivity contribution in [1.82, 2.24) is 9.38 Å². The second-order valence-electron chi connectivity index (χ2n) is 7.63. The van der Waals surface area contributed by atoms with Crippen molar-refractivity contribution in [3.05, 3.63) is 103 Å². The van der Waals surface area contributed by atoms with Crippen molar-refractivity contribution in [1.29, 1.82) is 0 Å². The lowest BCUT2D eigenvalue weighted by molar-refractivity contribution is 0.300. The molecule has 4 nitrogen and oxygen atoms in total. The van der Waals surface area contributed by atoms with Crippen LogP contribution in [0.3, 0.4) is 0 Å². The minimum Gasteiger partial charge on any atom is -0.489 e. The molecule has 0 N–H and O–H groups in total. The van der Waals surface area contributed by atoms with E-state index in [1.54, 1.807) is 22.6 Å². The Balaban J connectivity index is 1.49. The normalized spacial score (nSPS) is 12.2. The van der Waals surface area contributed by atoms with Gasteiger partial charge in [-0.05, 0) is 73.0 Å². The van der Waals surface area contributed by atoms with Gasteiger partial charge in [-0.3, -0.25) is 4.79 Å². The van der Waals surface area contributed by atoms with E-state index in [0.717, 1.165) is 27.7 Å². The summed E-state index contributed by atoms with van der Waals surface area (Å²) in [4.78, 5) is 18.4. The standard InChI is InChI=1S/C25H18ClFN2O2S/c1-14-9-21-22(10-15(14)2)29-24(30)23(32-25(29)28-21)12-16-5-3-6-17(11-16)31-13-18-19(26)7-4-8-20(18)27/h3-12H,13H2,1-2H3/b23-12+. The number of rotatable bonds is 4. The van der Waals surface area contributed by atoms with E-state index in [1.807, 2.05) is 50.3 Å². The molecule has 0 amide bonds. The first-order valence-electron chi connectivity index (χ1n) is 10.0. The van der Waals surface area contributed by atoms with Gasteiger partial charge in [-0.15, -0.1) is 0 Å². The van der Waals surface area contributed by atoms with Crippen LogP contribution in [0.25, 0.3) is 22.1 Å². The molecule has 2 aromatic heterocycles. The van der Waals surface area contributed by atoms with Gasteiger partial charge in [0.05, 0.1) is 20.6 Å². The molecule has 0 radical (unpaired) electrons. The zero-order chi connectivity index (χ0) is 22.4. The molecule has 0 aliphatic heterocycles. The van der Waals surface area contributed by atoms with E-state index in [4.69, 9.17) is 16.3 Å². The van der Waals surface area contributed by atoms with Crippen molar-refractivity contribution in [2.75, 3.05) is 0 Å². The third kappa shape index (κ3) is 3.66. The maximum Gasteiger partial charge on any atom is 0.274 e. The first-order chi connectivity index (χ1) is 15.4. The molecule has 0 fully saturated rings. The lowest BCUT2D eigenvalue weighted by Crippen LogP contribution is -2.22. The summed E-state index contributed by atoms with van der Waals surface area (Å²) in [6, 6.07) is 15.9. The maximum atomic E-state index is 14.0. The van der Waals surface area contributed by atoms with Crippen LogP contribution in [-0.4, -0.2) is 9.38 Å². The van der Waals surface area contributed by atoms with Crippen molar-refractivity contribution in [2.45, 2.75) is 20.5 Å². The highest BCUT2D eigenvalue weighted by atomic mass is 35.5. The zero-order valence-corrected chi connectivity index (χ0v) is 18.9. The Bertz CT molecular complexity index is 1590. The second-order valence-corrected chi connectivity index (χ2v) is 9.05. The van der Waals surface area contributed by atoms with Gasteiger partial charge in [0, 0.05) is 5.56 Å². The summed E-state index contributed by atoms with van der Waals surface area (Å²) < 4.78 is 22.0. The fraction of sp³-hybridized carbons (Fsp3) is 0.120. The molecule has 160 valence electrons. The average molecular weight is 465 g/mol. The second kappa shape index (κ2) is 8.04. The van der Waals surface area contributed by atoms with Gasteiger partial charge >= 0.3 is 0 Å². The molecular weight excluding hydrogens is 447 g/mol. The van der Waals surface area contributed by atoms with Crippen LogP contribution in [0.2, 0.25) is 5.02 Å². The maximum absolute atomic E-state index is 14.0. The molecular formula is C25H18ClFN2O2S. The highest BCUT2D eigenvalue weighted by Gasteiger charge is 2.12. The Labute approximate surface area is 192 Å². The van der Waals surface area contributed by atoms with E-state index in [-0.39, 0.29) is 12.2 Å². The van der Waals surface area contributed by atoms with E-state index in [9.17, 15) is 9.18 Å². The van der Waals surface area contributed by atoms with Crippen molar-refractivity contribution >= 4 is 45.0 Å². The van der Waals surface area contributed by atoms with Crippen LogP contribution in [-0.2, 0) is 6.61 Å². The van der Waals surface area contributed by atoms with Gasteiger partial charge in [0.2, 0.25) is 0 Å². The van der Waals surface area contributed by atoms with E-state index in [1.165, 1.54) is 17.4 Å². The molecule has 0 unspecified atom stereocenters. The third-order valence-corrected chi connectivity index (χ3v) is 6.78. The molecule has 0 bridgehead atoms. The number of hydrogen-bond acceptors (Lipinski definition) is 4. The summed E-state index contributed by atoms with van der Waals surface area (Å²) in [5.74, 6) is 0.152. The summed E-state index contributed by atoms with van der Waals surface area (Å²) in [6.45, 7) is 4.08. The van der Waals surface area contributed by atoms with Crippen molar-refractivity contribution in [2.24, 2.45) is 0 Å². The number of aromatic nitrogens is 2. The van der Waals surface area contributed by atoms with Gasteiger partial charge in [0.1, 0.15) is 18.2 Å². The first-order valence-corrected chi connectivity index (χ1v) is 11.2. The largest absolute Gasteiger partial charge is 0.489 e. The van der Waals surface area contributed by atoms with Crippen molar-refractivity contribution in [3.63, 3.8) is 0 Å². The summed E-state index contributed by atoms with van der Waals surface area (Å²) in [6.07, 6.45) is 1.82. The van der Waals surface area contributed by atoms with Gasteiger partial charge in [-0.25, -0.2) is 13.8 Å². The summed E-state index contributed by atoms with van der Waals surface area (Å²) in [5.41, 5.74) is 4.93. The smallest absolute Gasteiger partial charge is 0.274 e. The quantitative estimate of drug-likeness (QED) is 0.355. The highest BCUT2D eigenvalue weighted by Crippen LogP contribution is 2.23. The molecule has 0 atom stereocenters. The van der Waals surface area contributed by atoms with Crippen LogP contribution in [0.5, 0.6) is 5.75 Å². The van der Waals surface area contributed by atoms with Crippen LogP contribution >= 0.6 is 22.9 Å². The fourth-order valence-electron chi connectivity index (χ4n) is 3.59. The molecule has 0 saturated carbocycles. The Kier molecular flexibility index (Phi) is 5.19. The number of hydrogen-bond donors (Lipinski definition) is 0. The molecule has 5 rings (SSSR count).